The highest BCUT2D eigenvalue weighted by molar-refractivity contribution is 8.00. The summed E-state index contributed by atoms with van der Waals surface area (Å²) in [6, 6.07) is -0.409. The first-order valence-electron chi connectivity index (χ1n) is 11.4. The molecule has 37 heavy (non-hydrogen) atoms. The van der Waals surface area contributed by atoms with Crippen LogP contribution in [0.25, 0.3) is 0 Å². The molecule has 0 saturated carbocycles. The number of nitrogens with zero attached hydrogens (tertiary/aromatic N) is 2. The molecular weight excluding hydrogens is 512 g/mol. The molecule has 4 unspecified atom stereocenters. The van der Waals surface area contributed by atoms with E-state index in [1.165, 1.54) is 25.5 Å². The second kappa shape index (κ2) is 12.6. The summed E-state index contributed by atoms with van der Waals surface area (Å²) in [6.45, 7) is -0.210. The Balaban J connectivity index is 1.51. The zero-order valence-corrected chi connectivity index (χ0v) is 20.8. The number of thioether (sulfide) groups is 1. The lowest BCUT2D eigenvalue weighted by Gasteiger charge is -2.23. The number of amides is 4. The molecule has 4 N–H and O–H groups in total. The van der Waals surface area contributed by atoms with Gasteiger partial charge in [0.1, 0.15) is 18.7 Å². The first-order valence-corrected chi connectivity index (χ1v) is 12.5. The Morgan fingerprint density at radius 1 is 0.973 bits per heavy atom. The van der Waals surface area contributed by atoms with Crippen LogP contribution in [-0.2, 0) is 28.7 Å². The van der Waals surface area contributed by atoms with Crippen molar-refractivity contribution in [3.63, 3.8) is 0 Å². The number of carboxylic acid groups (broad SMARTS) is 2. The molecular formula is C22H28N4O10S. The van der Waals surface area contributed by atoms with Gasteiger partial charge in [-0.2, -0.15) is 0 Å². The molecule has 202 valence electrons. The standard InChI is InChI=1S/C22H28N4O10S/c1-35-9-17(27)23-12-5-14(21(31)32)25(7-12)18(28)10-37-11-19(29)26-8-13(6-15(26)22(33)34)24-20(30)16-3-2-4-36-16/h2-4,12-15H,5-11H2,1H3,(H,23,27)(H,24,30)(H,31,32)(H,33,34). The Bertz CT molecular complexity index is 1030. The lowest BCUT2D eigenvalue weighted by Crippen LogP contribution is -2.44. The van der Waals surface area contributed by atoms with Gasteiger partial charge in [0.25, 0.3) is 5.91 Å². The van der Waals surface area contributed by atoms with Crippen molar-refractivity contribution in [1.82, 2.24) is 20.4 Å². The molecule has 0 aromatic carbocycles. The number of hydrogen-bond acceptors (Lipinski definition) is 9. The van der Waals surface area contributed by atoms with Crippen LogP contribution >= 0.6 is 11.8 Å². The smallest absolute Gasteiger partial charge is 0.326 e. The topological polar surface area (TPSA) is 196 Å². The normalized spacial score (nSPS) is 23.1. The van der Waals surface area contributed by atoms with Gasteiger partial charge in [-0.3, -0.25) is 19.2 Å². The first kappa shape index (κ1) is 28.0. The quantitative estimate of drug-likeness (QED) is 0.258. The summed E-state index contributed by atoms with van der Waals surface area (Å²) in [5, 5.41) is 24.3. The number of rotatable bonds is 11. The van der Waals surface area contributed by atoms with Gasteiger partial charge in [-0.05, 0) is 12.1 Å². The minimum Gasteiger partial charge on any atom is -0.480 e. The van der Waals surface area contributed by atoms with Crippen molar-refractivity contribution in [1.29, 1.82) is 0 Å². The summed E-state index contributed by atoms with van der Waals surface area (Å²) < 4.78 is 9.75. The van der Waals surface area contributed by atoms with Crippen LogP contribution in [0, 0.1) is 0 Å². The molecule has 2 aliphatic heterocycles. The van der Waals surface area contributed by atoms with Crippen LogP contribution in [0.15, 0.2) is 22.8 Å². The Labute approximate surface area is 215 Å². The highest BCUT2D eigenvalue weighted by atomic mass is 32.2. The van der Waals surface area contributed by atoms with E-state index in [1.54, 1.807) is 0 Å². The van der Waals surface area contributed by atoms with Crippen molar-refractivity contribution in [3.8, 4) is 0 Å². The van der Waals surface area contributed by atoms with E-state index in [9.17, 15) is 39.0 Å². The molecule has 0 radical (unpaired) electrons. The van der Waals surface area contributed by atoms with Crippen molar-refractivity contribution in [2.45, 2.75) is 37.0 Å². The third-order valence-corrected chi connectivity index (χ3v) is 6.89. The number of furan rings is 1. The fourth-order valence-electron chi connectivity index (χ4n) is 4.36. The van der Waals surface area contributed by atoms with E-state index in [4.69, 9.17) is 9.15 Å². The van der Waals surface area contributed by atoms with Gasteiger partial charge in [0.2, 0.25) is 17.7 Å². The van der Waals surface area contributed by atoms with Crippen molar-refractivity contribution in [3.05, 3.63) is 24.2 Å². The zero-order chi connectivity index (χ0) is 27.1. The van der Waals surface area contributed by atoms with Gasteiger partial charge in [-0.25, -0.2) is 9.59 Å². The van der Waals surface area contributed by atoms with E-state index in [-0.39, 0.29) is 49.8 Å². The number of hydrogen-bond donors (Lipinski definition) is 4. The van der Waals surface area contributed by atoms with Gasteiger partial charge in [0.15, 0.2) is 5.76 Å². The van der Waals surface area contributed by atoms with Gasteiger partial charge in [-0.1, -0.05) is 0 Å². The minimum atomic E-state index is -1.22. The summed E-state index contributed by atoms with van der Waals surface area (Å²) in [5.74, 6) is -4.78. The van der Waals surface area contributed by atoms with E-state index in [0.717, 1.165) is 21.6 Å². The predicted molar refractivity (Wildman–Crippen MR) is 127 cm³/mol. The third kappa shape index (κ3) is 7.22. The molecule has 14 nitrogen and oxygen atoms in total. The molecule has 2 aliphatic rings. The lowest BCUT2D eigenvalue weighted by atomic mass is 10.1. The number of aliphatic carboxylic acids is 2. The maximum Gasteiger partial charge on any atom is 0.326 e. The SMILES string of the molecule is COCC(=O)NC1CC(C(=O)O)N(C(=O)CSCC(=O)N2CC(NC(=O)c3ccco3)CC2C(=O)O)C1. The molecule has 4 atom stereocenters. The van der Waals surface area contributed by atoms with E-state index in [2.05, 4.69) is 10.6 Å². The molecule has 0 spiro atoms. The molecule has 15 heteroatoms. The number of carboxylic acids is 2. The number of nitrogens with one attached hydrogen (secondary N) is 2. The summed E-state index contributed by atoms with van der Waals surface area (Å²) in [4.78, 5) is 75.0. The maximum absolute atomic E-state index is 12.8. The highest BCUT2D eigenvalue weighted by Gasteiger charge is 2.42. The van der Waals surface area contributed by atoms with Crippen molar-refractivity contribution in [2.75, 3.05) is 38.3 Å². The summed E-state index contributed by atoms with van der Waals surface area (Å²) in [6.07, 6.45) is 1.39. The van der Waals surface area contributed by atoms with Gasteiger partial charge < -0.3 is 39.8 Å². The molecule has 2 fully saturated rings. The van der Waals surface area contributed by atoms with Gasteiger partial charge in [-0.15, -0.1) is 11.8 Å². The summed E-state index contributed by atoms with van der Waals surface area (Å²) in [5.41, 5.74) is 0. The molecule has 1 aromatic heterocycles. The Morgan fingerprint density at radius 3 is 1.97 bits per heavy atom. The second-order valence-corrected chi connectivity index (χ2v) is 9.60. The van der Waals surface area contributed by atoms with Crippen molar-refractivity contribution in [2.24, 2.45) is 0 Å². The van der Waals surface area contributed by atoms with Crippen LogP contribution in [0.4, 0.5) is 0 Å². The number of carbonyl (C=O) groups is 6. The van der Waals surface area contributed by atoms with Crippen LogP contribution in [-0.4, -0.2) is 118 Å². The molecule has 3 rings (SSSR count). The highest BCUT2D eigenvalue weighted by Crippen LogP contribution is 2.22. The van der Waals surface area contributed by atoms with Gasteiger partial charge in [0.05, 0.1) is 17.8 Å². The Morgan fingerprint density at radius 2 is 1.51 bits per heavy atom. The fourth-order valence-corrected chi connectivity index (χ4v) is 5.14. The van der Waals surface area contributed by atoms with Crippen molar-refractivity contribution < 1.29 is 48.1 Å². The van der Waals surface area contributed by atoms with E-state index >= 15 is 0 Å². The number of carbonyl (C=O) groups excluding carboxylic acids is 4. The van der Waals surface area contributed by atoms with Crippen LogP contribution < -0.4 is 10.6 Å². The summed E-state index contributed by atoms with van der Waals surface area (Å²) in [7, 11) is 1.35. The molecule has 3 heterocycles. The first-order chi connectivity index (χ1) is 17.6. The third-order valence-electron chi connectivity index (χ3n) is 5.98. The number of likely N-dealkylation sites (tertiary alicyclic amines) is 2. The number of methoxy groups -OCH3 is 1. The van der Waals surface area contributed by atoms with E-state index in [1.807, 2.05) is 0 Å². The second-order valence-electron chi connectivity index (χ2n) is 8.61. The Kier molecular flexibility index (Phi) is 9.52. The van der Waals surface area contributed by atoms with Crippen LogP contribution in [0.2, 0.25) is 0 Å². The maximum atomic E-state index is 12.8. The fraction of sp³-hybridized carbons (Fsp3) is 0.545. The Hall–Kier alpha value is -3.59. The van der Waals surface area contributed by atoms with E-state index < -0.39 is 59.7 Å². The monoisotopic (exact) mass is 540 g/mol. The van der Waals surface area contributed by atoms with Crippen LogP contribution in [0.3, 0.4) is 0 Å². The largest absolute Gasteiger partial charge is 0.480 e. The van der Waals surface area contributed by atoms with Gasteiger partial charge >= 0.3 is 11.9 Å². The lowest BCUT2D eigenvalue weighted by molar-refractivity contribution is -0.147. The van der Waals surface area contributed by atoms with E-state index in [0.29, 0.717) is 0 Å². The predicted octanol–water partition coefficient (Wildman–Crippen LogP) is -1.39. The molecule has 2 saturated heterocycles. The van der Waals surface area contributed by atoms with Crippen LogP contribution in [0.5, 0.6) is 0 Å². The zero-order valence-electron chi connectivity index (χ0n) is 20.0. The van der Waals surface area contributed by atoms with Crippen LogP contribution in [0.1, 0.15) is 23.4 Å². The summed E-state index contributed by atoms with van der Waals surface area (Å²) >= 11 is 0.929. The number of ether oxygens (including phenoxy) is 1. The van der Waals surface area contributed by atoms with Gasteiger partial charge in [0, 0.05) is 45.1 Å². The minimum absolute atomic E-state index is 0.00399. The average Bonchev–Trinajstić information content (AvgIpc) is 3.58. The average molecular weight is 541 g/mol. The molecule has 4 amide bonds. The molecule has 1 aromatic rings. The van der Waals surface area contributed by atoms with Crippen molar-refractivity contribution >= 4 is 47.3 Å². The molecule has 0 bridgehead atoms. The molecule has 0 aliphatic carbocycles.